The van der Waals surface area contributed by atoms with Crippen LogP contribution >= 0.6 is 11.3 Å². The Kier molecular flexibility index (Phi) is 9.34. The van der Waals surface area contributed by atoms with Gasteiger partial charge in [-0.2, -0.15) is 0 Å². The summed E-state index contributed by atoms with van der Waals surface area (Å²) < 4.78 is 26.0. The second-order valence-electron chi connectivity index (χ2n) is 6.52. The number of ether oxygens (including phenoxy) is 5. The summed E-state index contributed by atoms with van der Waals surface area (Å²) in [6.07, 6.45) is 0. The number of anilines is 2. The fraction of sp³-hybridized carbons (Fsp3) is 0.409. The van der Waals surface area contributed by atoms with E-state index in [-0.39, 0.29) is 35.2 Å². The maximum Gasteiger partial charge on any atom is 0.348 e. The first-order valence-electron chi connectivity index (χ1n) is 10.1. The third-order valence-electron chi connectivity index (χ3n) is 4.46. The molecule has 1 amide bonds. The Morgan fingerprint density at radius 1 is 0.909 bits per heavy atom. The molecule has 0 aliphatic rings. The number of esters is 2. The van der Waals surface area contributed by atoms with Crippen LogP contribution in [0.1, 0.15) is 39.4 Å². The van der Waals surface area contributed by atoms with Crippen LogP contribution in [0.3, 0.4) is 0 Å². The van der Waals surface area contributed by atoms with Gasteiger partial charge in [0.1, 0.15) is 9.88 Å². The van der Waals surface area contributed by atoms with E-state index in [0.29, 0.717) is 28.5 Å². The molecule has 1 heterocycles. The fourth-order valence-electron chi connectivity index (χ4n) is 2.98. The van der Waals surface area contributed by atoms with Gasteiger partial charge in [0.25, 0.3) is 0 Å². The minimum atomic E-state index is -0.630. The smallest absolute Gasteiger partial charge is 0.348 e. The average Bonchev–Trinajstić information content (AvgIpc) is 3.12. The number of nitrogens with one attached hydrogen (secondary N) is 2. The predicted octanol–water partition coefficient (Wildman–Crippen LogP) is 3.49. The van der Waals surface area contributed by atoms with Gasteiger partial charge in [-0.15, -0.1) is 11.3 Å². The quantitative estimate of drug-likeness (QED) is 0.466. The number of amides is 1. The maximum atomic E-state index is 12.6. The molecule has 0 bridgehead atoms. The first-order valence-corrected chi connectivity index (χ1v) is 10.9. The van der Waals surface area contributed by atoms with Crippen LogP contribution < -0.4 is 24.8 Å². The molecule has 0 atom stereocenters. The summed E-state index contributed by atoms with van der Waals surface area (Å²) in [5, 5.41) is 5.87. The van der Waals surface area contributed by atoms with Gasteiger partial charge in [-0.1, -0.05) is 0 Å². The molecule has 1 aromatic carbocycles. The van der Waals surface area contributed by atoms with Gasteiger partial charge in [-0.05, 0) is 26.3 Å². The lowest BCUT2D eigenvalue weighted by molar-refractivity contribution is -0.114. The fourth-order valence-corrected chi connectivity index (χ4v) is 4.08. The van der Waals surface area contributed by atoms with E-state index in [0.717, 1.165) is 11.3 Å². The van der Waals surface area contributed by atoms with Crippen molar-refractivity contribution in [1.82, 2.24) is 0 Å². The molecular formula is C22H28N2O8S. The lowest BCUT2D eigenvalue weighted by atomic mass is 10.1. The van der Waals surface area contributed by atoms with Crippen LogP contribution in [0.4, 0.5) is 10.7 Å². The van der Waals surface area contributed by atoms with Crippen molar-refractivity contribution in [3.05, 3.63) is 28.1 Å². The Hall–Kier alpha value is -3.47. The lowest BCUT2D eigenvalue weighted by Crippen LogP contribution is -2.22. The summed E-state index contributed by atoms with van der Waals surface area (Å²) in [4.78, 5) is 37.6. The number of carbonyl (C=O) groups is 3. The Balaban J connectivity index is 2.23. The van der Waals surface area contributed by atoms with Crippen molar-refractivity contribution in [2.45, 2.75) is 20.8 Å². The molecule has 10 nitrogen and oxygen atoms in total. The normalized spacial score (nSPS) is 10.2. The van der Waals surface area contributed by atoms with E-state index in [1.807, 2.05) is 0 Å². The molecule has 2 aromatic rings. The van der Waals surface area contributed by atoms with Gasteiger partial charge < -0.3 is 34.3 Å². The highest BCUT2D eigenvalue weighted by atomic mass is 32.1. The number of carbonyl (C=O) groups excluding carboxylic acids is 3. The molecule has 1 aromatic heterocycles. The SMILES string of the molecule is CCOC(=O)c1sc(NC(=O)CNc2cc(OC)c(OC)c(OC)c2)c(C(=O)OCC)c1C. The molecule has 2 rings (SSSR count). The van der Waals surface area contributed by atoms with Crippen molar-refractivity contribution in [1.29, 1.82) is 0 Å². The molecule has 0 aliphatic heterocycles. The highest BCUT2D eigenvalue weighted by Crippen LogP contribution is 2.40. The summed E-state index contributed by atoms with van der Waals surface area (Å²) in [7, 11) is 4.48. The maximum absolute atomic E-state index is 12.6. The first-order chi connectivity index (χ1) is 15.8. The Morgan fingerprint density at radius 3 is 2.00 bits per heavy atom. The van der Waals surface area contributed by atoms with E-state index in [1.165, 1.54) is 21.3 Å². The number of hydrogen-bond acceptors (Lipinski definition) is 10. The summed E-state index contributed by atoms with van der Waals surface area (Å²) in [5.74, 6) is -0.355. The van der Waals surface area contributed by atoms with Crippen LogP contribution in [0.25, 0.3) is 0 Å². The molecular weight excluding hydrogens is 452 g/mol. The average molecular weight is 481 g/mol. The topological polar surface area (TPSA) is 121 Å². The second-order valence-corrected chi connectivity index (χ2v) is 7.54. The molecule has 0 unspecified atom stereocenters. The van der Waals surface area contributed by atoms with Crippen LogP contribution in [-0.2, 0) is 14.3 Å². The van der Waals surface area contributed by atoms with Crippen LogP contribution in [-0.4, -0.2) is 58.9 Å². The first kappa shape index (κ1) is 25.8. The lowest BCUT2D eigenvalue weighted by Gasteiger charge is -2.15. The van der Waals surface area contributed by atoms with E-state index in [2.05, 4.69) is 10.6 Å². The largest absolute Gasteiger partial charge is 0.493 e. The van der Waals surface area contributed by atoms with E-state index < -0.39 is 17.8 Å². The van der Waals surface area contributed by atoms with Gasteiger partial charge in [0.15, 0.2) is 11.5 Å². The Bertz CT molecular complexity index is 993. The summed E-state index contributed by atoms with van der Waals surface area (Å²) >= 11 is 0.964. The summed E-state index contributed by atoms with van der Waals surface area (Å²) in [5.41, 5.74) is 1.08. The van der Waals surface area contributed by atoms with Crippen molar-refractivity contribution < 1.29 is 38.1 Å². The predicted molar refractivity (Wildman–Crippen MR) is 124 cm³/mol. The zero-order valence-corrected chi connectivity index (χ0v) is 20.3. The molecule has 0 aliphatic carbocycles. The van der Waals surface area contributed by atoms with Crippen molar-refractivity contribution in [2.75, 3.05) is 51.7 Å². The zero-order chi connectivity index (χ0) is 24.5. The van der Waals surface area contributed by atoms with Crippen molar-refractivity contribution in [3.8, 4) is 17.2 Å². The number of methoxy groups -OCH3 is 3. The molecule has 33 heavy (non-hydrogen) atoms. The van der Waals surface area contributed by atoms with Gasteiger partial charge in [0, 0.05) is 17.8 Å². The van der Waals surface area contributed by atoms with Gasteiger partial charge in [-0.3, -0.25) is 4.79 Å². The Morgan fingerprint density at radius 2 is 1.48 bits per heavy atom. The molecule has 11 heteroatoms. The van der Waals surface area contributed by atoms with Crippen molar-refractivity contribution >= 4 is 39.9 Å². The summed E-state index contributed by atoms with van der Waals surface area (Å²) in [6, 6.07) is 3.32. The Labute approximate surface area is 196 Å². The molecule has 2 N–H and O–H groups in total. The minimum Gasteiger partial charge on any atom is -0.493 e. The molecule has 0 fully saturated rings. The van der Waals surface area contributed by atoms with E-state index in [1.54, 1.807) is 32.9 Å². The van der Waals surface area contributed by atoms with Crippen molar-refractivity contribution in [3.63, 3.8) is 0 Å². The molecule has 0 saturated heterocycles. The van der Waals surface area contributed by atoms with Crippen LogP contribution in [0, 0.1) is 6.92 Å². The molecule has 180 valence electrons. The van der Waals surface area contributed by atoms with Crippen LogP contribution in [0.2, 0.25) is 0 Å². The van der Waals surface area contributed by atoms with Gasteiger partial charge in [0.2, 0.25) is 11.7 Å². The third kappa shape index (κ3) is 6.07. The van der Waals surface area contributed by atoms with Gasteiger partial charge in [-0.25, -0.2) is 9.59 Å². The highest BCUT2D eigenvalue weighted by molar-refractivity contribution is 7.18. The van der Waals surface area contributed by atoms with Gasteiger partial charge in [0.05, 0.1) is 46.7 Å². The van der Waals surface area contributed by atoms with Crippen LogP contribution in [0.15, 0.2) is 12.1 Å². The zero-order valence-electron chi connectivity index (χ0n) is 19.5. The van der Waals surface area contributed by atoms with Crippen LogP contribution in [0.5, 0.6) is 17.2 Å². The third-order valence-corrected chi connectivity index (χ3v) is 5.65. The highest BCUT2D eigenvalue weighted by Gasteiger charge is 2.27. The van der Waals surface area contributed by atoms with Gasteiger partial charge >= 0.3 is 11.9 Å². The van der Waals surface area contributed by atoms with E-state index in [9.17, 15) is 14.4 Å². The molecule has 0 radical (unpaired) electrons. The standard InChI is InChI=1S/C22H28N2O8S/c1-7-31-21(26)17-12(3)19(22(27)32-8-2)33-20(17)24-16(25)11-23-13-9-14(28-4)18(30-6)15(10-13)29-5/h9-10,23H,7-8,11H2,1-6H3,(H,24,25). The number of rotatable bonds is 11. The number of benzene rings is 1. The number of hydrogen-bond donors (Lipinski definition) is 2. The second kappa shape index (κ2) is 12.0. The number of thiophene rings is 1. The minimum absolute atomic E-state index is 0.131. The molecule has 0 spiro atoms. The molecule has 0 saturated carbocycles. The summed E-state index contributed by atoms with van der Waals surface area (Å²) in [6.45, 7) is 5.17. The van der Waals surface area contributed by atoms with Crippen molar-refractivity contribution in [2.24, 2.45) is 0 Å². The van der Waals surface area contributed by atoms with E-state index >= 15 is 0 Å². The van der Waals surface area contributed by atoms with E-state index in [4.69, 9.17) is 23.7 Å². The monoisotopic (exact) mass is 480 g/mol.